The number of carbonyl (C=O) groups excluding carboxylic acids is 4. The third kappa shape index (κ3) is 26.0. The van der Waals surface area contributed by atoms with E-state index in [1.807, 2.05) is 0 Å². The van der Waals surface area contributed by atoms with Crippen LogP contribution in [0.3, 0.4) is 0 Å². The summed E-state index contributed by atoms with van der Waals surface area (Å²) in [7, 11) is 0. The Kier molecular flexibility index (Phi) is 22.9. The zero-order valence-electron chi connectivity index (χ0n) is 21.1. The molecule has 0 aliphatic heterocycles. The number of primary amides is 1. The van der Waals surface area contributed by atoms with Gasteiger partial charge in [0, 0.05) is 58.2 Å². The summed E-state index contributed by atoms with van der Waals surface area (Å²) in [6.45, 7) is 6.48. The molecule has 11 nitrogen and oxygen atoms in total. The highest BCUT2D eigenvalue weighted by molar-refractivity contribution is 5.85. The Hall–Kier alpha value is -2.50. The number of ether oxygens (including phenoxy) is 3. The van der Waals surface area contributed by atoms with Crippen LogP contribution in [0.15, 0.2) is 12.2 Å². The Balaban J connectivity index is 3.32. The highest BCUT2D eigenvalue weighted by atomic mass is 16.5. The van der Waals surface area contributed by atoms with Crippen LogP contribution in [-0.4, -0.2) is 82.9 Å². The molecule has 0 bridgehead atoms. The lowest BCUT2D eigenvalue weighted by Gasteiger charge is -2.08. The van der Waals surface area contributed by atoms with Crippen molar-refractivity contribution in [3.05, 3.63) is 12.2 Å². The molecule has 5 N–H and O–H groups in total. The number of hydrogen-bond donors (Lipinski definition) is 4. The molecule has 35 heavy (non-hydrogen) atoms. The van der Waals surface area contributed by atoms with Crippen LogP contribution in [0.5, 0.6) is 0 Å². The van der Waals surface area contributed by atoms with Crippen LogP contribution >= 0.6 is 0 Å². The van der Waals surface area contributed by atoms with Gasteiger partial charge in [0.2, 0.25) is 23.6 Å². The minimum atomic E-state index is -0.565. The average molecular weight is 501 g/mol. The molecule has 0 aromatic rings. The first-order valence-corrected chi connectivity index (χ1v) is 12.4. The van der Waals surface area contributed by atoms with E-state index < -0.39 is 5.91 Å². The fourth-order valence-corrected chi connectivity index (χ4v) is 2.71. The van der Waals surface area contributed by atoms with E-state index in [0.29, 0.717) is 72.0 Å². The predicted octanol–water partition coefficient (Wildman–Crippen LogP) is 0.567. The van der Waals surface area contributed by atoms with E-state index >= 15 is 0 Å². The van der Waals surface area contributed by atoms with E-state index in [1.54, 1.807) is 0 Å². The van der Waals surface area contributed by atoms with Gasteiger partial charge in [0.1, 0.15) is 0 Å². The van der Waals surface area contributed by atoms with Crippen molar-refractivity contribution in [2.24, 2.45) is 5.73 Å². The van der Waals surface area contributed by atoms with Crippen molar-refractivity contribution in [1.82, 2.24) is 16.0 Å². The SMILES string of the molecule is CCCCC(=O)NCCCOCCOCCOCCCNC(=O)CCCC(=O)NC/C=C/C(N)=O. The van der Waals surface area contributed by atoms with Gasteiger partial charge in [0.25, 0.3) is 0 Å². The summed E-state index contributed by atoms with van der Waals surface area (Å²) in [5.41, 5.74) is 4.94. The monoisotopic (exact) mass is 500 g/mol. The quantitative estimate of drug-likeness (QED) is 0.111. The van der Waals surface area contributed by atoms with Gasteiger partial charge in [-0.05, 0) is 25.7 Å². The summed E-state index contributed by atoms with van der Waals surface area (Å²) >= 11 is 0. The van der Waals surface area contributed by atoms with E-state index in [-0.39, 0.29) is 37.1 Å². The van der Waals surface area contributed by atoms with Crippen LogP contribution in [0.1, 0.15) is 58.3 Å². The minimum Gasteiger partial charge on any atom is -0.379 e. The number of rotatable bonds is 24. The molecule has 0 aromatic heterocycles. The van der Waals surface area contributed by atoms with Crippen LogP contribution in [0.25, 0.3) is 0 Å². The van der Waals surface area contributed by atoms with E-state index in [9.17, 15) is 19.2 Å². The van der Waals surface area contributed by atoms with Gasteiger partial charge in [0.15, 0.2) is 0 Å². The fraction of sp³-hybridized carbons (Fsp3) is 0.750. The van der Waals surface area contributed by atoms with Gasteiger partial charge in [-0.15, -0.1) is 0 Å². The normalized spacial score (nSPS) is 10.9. The Labute approximate surface area is 208 Å². The van der Waals surface area contributed by atoms with Crippen LogP contribution in [0, 0.1) is 0 Å². The summed E-state index contributed by atoms with van der Waals surface area (Å²) in [5.74, 6) is -0.751. The Bertz CT molecular complexity index is 615. The minimum absolute atomic E-state index is 0.101. The Morgan fingerprint density at radius 2 is 1.11 bits per heavy atom. The summed E-state index contributed by atoms with van der Waals surface area (Å²) in [5, 5.41) is 8.27. The second kappa shape index (κ2) is 24.6. The maximum atomic E-state index is 11.7. The van der Waals surface area contributed by atoms with E-state index in [2.05, 4.69) is 22.9 Å². The summed E-state index contributed by atoms with van der Waals surface area (Å²) < 4.78 is 16.3. The molecule has 0 radical (unpaired) electrons. The summed E-state index contributed by atoms with van der Waals surface area (Å²) in [4.78, 5) is 45.3. The molecule has 0 atom stereocenters. The standard InChI is InChI=1S/C24H44N4O7/c1-2-3-9-22(30)27-13-6-15-33-17-19-35-20-18-34-16-7-14-28-24(32)11-4-10-23(31)26-12-5-8-21(25)29/h5,8H,2-4,6-7,9-20H2,1H3,(H2,25,29)(H,26,31)(H,27,30)(H,28,32)/b8-5+. The van der Waals surface area contributed by atoms with Gasteiger partial charge in [-0.3, -0.25) is 19.2 Å². The molecule has 4 amide bonds. The maximum Gasteiger partial charge on any atom is 0.241 e. The van der Waals surface area contributed by atoms with Gasteiger partial charge in [0.05, 0.1) is 26.4 Å². The molecule has 11 heteroatoms. The van der Waals surface area contributed by atoms with Crippen molar-refractivity contribution in [3.63, 3.8) is 0 Å². The van der Waals surface area contributed by atoms with Crippen LogP contribution in [-0.2, 0) is 33.4 Å². The van der Waals surface area contributed by atoms with E-state index in [4.69, 9.17) is 19.9 Å². The highest BCUT2D eigenvalue weighted by Gasteiger charge is 2.04. The summed E-state index contributed by atoms with van der Waals surface area (Å²) in [6.07, 6.45) is 7.62. The Morgan fingerprint density at radius 1 is 0.657 bits per heavy atom. The molecule has 0 heterocycles. The largest absolute Gasteiger partial charge is 0.379 e. The second-order valence-electron chi connectivity index (χ2n) is 7.81. The number of carbonyl (C=O) groups is 4. The average Bonchev–Trinajstić information content (AvgIpc) is 2.82. The first-order chi connectivity index (χ1) is 17.0. The van der Waals surface area contributed by atoms with Crippen LogP contribution < -0.4 is 21.7 Å². The third-order valence-electron chi connectivity index (χ3n) is 4.58. The number of amides is 4. The van der Waals surface area contributed by atoms with Crippen molar-refractivity contribution in [1.29, 1.82) is 0 Å². The zero-order chi connectivity index (χ0) is 26.0. The molecule has 0 aliphatic rings. The maximum absolute atomic E-state index is 11.7. The number of hydrogen-bond acceptors (Lipinski definition) is 7. The smallest absolute Gasteiger partial charge is 0.241 e. The first-order valence-electron chi connectivity index (χ1n) is 12.4. The van der Waals surface area contributed by atoms with Crippen molar-refractivity contribution in [2.75, 3.05) is 59.3 Å². The third-order valence-corrected chi connectivity index (χ3v) is 4.58. The lowest BCUT2D eigenvalue weighted by molar-refractivity contribution is -0.123. The molecule has 202 valence electrons. The van der Waals surface area contributed by atoms with Gasteiger partial charge in [-0.25, -0.2) is 0 Å². The summed E-state index contributed by atoms with van der Waals surface area (Å²) in [6, 6.07) is 0. The zero-order valence-corrected chi connectivity index (χ0v) is 21.1. The first kappa shape index (κ1) is 32.5. The van der Waals surface area contributed by atoms with E-state index in [1.165, 1.54) is 12.2 Å². The second-order valence-corrected chi connectivity index (χ2v) is 7.81. The lowest BCUT2D eigenvalue weighted by Crippen LogP contribution is -2.26. The molecular weight excluding hydrogens is 456 g/mol. The molecule has 0 aromatic carbocycles. The molecule has 0 saturated carbocycles. The van der Waals surface area contributed by atoms with Crippen LogP contribution in [0.2, 0.25) is 0 Å². The molecule has 0 rings (SSSR count). The van der Waals surface area contributed by atoms with Gasteiger partial charge in [-0.1, -0.05) is 19.4 Å². The van der Waals surface area contributed by atoms with Gasteiger partial charge in [-0.2, -0.15) is 0 Å². The highest BCUT2D eigenvalue weighted by Crippen LogP contribution is 1.96. The molecule has 0 fully saturated rings. The number of nitrogens with one attached hydrogen (secondary N) is 3. The number of unbranched alkanes of at least 4 members (excludes halogenated alkanes) is 1. The van der Waals surface area contributed by atoms with Crippen molar-refractivity contribution in [3.8, 4) is 0 Å². The topological polar surface area (TPSA) is 158 Å². The fourth-order valence-electron chi connectivity index (χ4n) is 2.71. The van der Waals surface area contributed by atoms with Gasteiger partial charge >= 0.3 is 0 Å². The van der Waals surface area contributed by atoms with Crippen molar-refractivity contribution in [2.45, 2.75) is 58.3 Å². The van der Waals surface area contributed by atoms with Crippen molar-refractivity contribution < 1.29 is 33.4 Å². The Morgan fingerprint density at radius 3 is 1.60 bits per heavy atom. The predicted molar refractivity (Wildman–Crippen MR) is 132 cm³/mol. The molecule has 0 spiro atoms. The van der Waals surface area contributed by atoms with E-state index in [0.717, 1.165) is 19.3 Å². The molecular formula is C24H44N4O7. The molecule has 0 aliphatic carbocycles. The molecule has 0 saturated heterocycles. The number of nitrogens with two attached hydrogens (primary N) is 1. The lowest BCUT2D eigenvalue weighted by atomic mass is 10.2. The van der Waals surface area contributed by atoms with Crippen LogP contribution in [0.4, 0.5) is 0 Å². The van der Waals surface area contributed by atoms with Crippen molar-refractivity contribution >= 4 is 23.6 Å². The van der Waals surface area contributed by atoms with Gasteiger partial charge < -0.3 is 35.9 Å². The molecule has 0 unspecified atom stereocenters.